The van der Waals surface area contributed by atoms with Crippen molar-refractivity contribution in [2.24, 2.45) is 5.41 Å². The molecule has 1 atom stereocenters. The number of amides is 1. The van der Waals surface area contributed by atoms with Gasteiger partial charge in [-0.2, -0.15) is 0 Å². The number of rotatable bonds is 6. The molecule has 1 N–H and O–H groups in total. The first-order valence-electron chi connectivity index (χ1n) is 10.6. The van der Waals surface area contributed by atoms with Crippen LogP contribution in [0.1, 0.15) is 57.6 Å². The summed E-state index contributed by atoms with van der Waals surface area (Å²) in [5.74, 6) is -1.03. The monoisotopic (exact) mass is 407 g/mol. The second kappa shape index (κ2) is 7.15. The number of carbonyl (C=O) groups is 2. The average molecular weight is 408 g/mol. The van der Waals surface area contributed by atoms with Crippen molar-refractivity contribution in [2.45, 2.75) is 58.0 Å². The van der Waals surface area contributed by atoms with E-state index in [1.807, 2.05) is 45.0 Å². The number of hydrogen-bond acceptors (Lipinski definition) is 3. The van der Waals surface area contributed by atoms with Crippen LogP contribution in [0.15, 0.2) is 48.5 Å². The lowest BCUT2D eigenvalue weighted by atomic mass is 9.81. The highest BCUT2D eigenvalue weighted by Crippen LogP contribution is 2.56. The molecule has 0 heterocycles. The minimum Gasteiger partial charge on any atom is -0.479 e. The molecule has 158 valence electrons. The standard InChI is InChI=1S/C25H29NO4/c1-16(2)26(25(4,22(27)28)24(3)13-14-24)23(29)30-15-21-19-11-7-5-9-17(19)18-10-6-8-12-20(18)21/h5-12,16,21H,13-15H2,1-4H3,(H,27,28). The quantitative estimate of drug-likeness (QED) is 0.707. The van der Waals surface area contributed by atoms with Gasteiger partial charge in [0.2, 0.25) is 0 Å². The molecule has 2 aromatic carbocycles. The molecule has 0 radical (unpaired) electrons. The number of aliphatic carboxylic acids is 1. The molecule has 0 saturated heterocycles. The summed E-state index contributed by atoms with van der Waals surface area (Å²) >= 11 is 0. The molecule has 30 heavy (non-hydrogen) atoms. The fourth-order valence-corrected chi connectivity index (χ4v) is 4.90. The normalized spacial score (nSPS) is 18.3. The summed E-state index contributed by atoms with van der Waals surface area (Å²) < 4.78 is 5.81. The summed E-state index contributed by atoms with van der Waals surface area (Å²) in [5, 5.41) is 10.1. The number of carboxylic acids is 1. The lowest BCUT2D eigenvalue weighted by Crippen LogP contribution is -2.62. The number of carbonyl (C=O) groups excluding carboxylic acids is 1. The molecule has 2 aromatic rings. The Kier molecular flexibility index (Phi) is 4.88. The van der Waals surface area contributed by atoms with Gasteiger partial charge >= 0.3 is 12.1 Å². The first-order chi connectivity index (χ1) is 14.2. The third kappa shape index (κ3) is 2.99. The van der Waals surface area contributed by atoms with E-state index in [1.54, 1.807) is 6.92 Å². The Bertz CT molecular complexity index is 949. The lowest BCUT2D eigenvalue weighted by Gasteiger charge is -2.44. The Morgan fingerprint density at radius 3 is 2.03 bits per heavy atom. The van der Waals surface area contributed by atoms with Crippen molar-refractivity contribution in [2.75, 3.05) is 6.61 Å². The van der Waals surface area contributed by atoms with Gasteiger partial charge in [0.25, 0.3) is 0 Å². The van der Waals surface area contributed by atoms with E-state index in [0.29, 0.717) is 0 Å². The van der Waals surface area contributed by atoms with Gasteiger partial charge in [-0.3, -0.25) is 4.90 Å². The highest BCUT2D eigenvalue weighted by Gasteiger charge is 2.63. The molecule has 2 aliphatic rings. The van der Waals surface area contributed by atoms with Crippen LogP contribution in [-0.4, -0.2) is 40.3 Å². The van der Waals surface area contributed by atoms with E-state index >= 15 is 0 Å². The van der Waals surface area contributed by atoms with Gasteiger partial charge in [-0.15, -0.1) is 0 Å². The zero-order valence-electron chi connectivity index (χ0n) is 18.0. The largest absolute Gasteiger partial charge is 0.479 e. The molecule has 0 spiro atoms. The molecule has 1 amide bonds. The van der Waals surface area contributed by atoms with E-state index in [4.69, 9.17) is 4.74 Å². The van der Waals surface area contributed by atoms with Crippen molar-refractivity contribution >= 4 is 12.1 Å². The SMILES string of the molecule is CC(C)N(C(=O)OCC1c2ccccc2-c2ccccc21)C(C)(C(=O)O)C1(C)CC1. The van der Waals surface area contributed by atoms with Crippen LogP contribution >= 0.6 is 0 Å². The molecular formula is C25H29NO4. The van der Waals surface area contributed by atoms with Gasteiger partial charge in [-0.05, 0) is 55.9 Å². The molecule has 0 aliphatic heterocycles. The Balaban J connectivity index is 1.60. The highest BCUT2D eigenvalue weighted by molar-refractivity contribution is 5.86. The first kappa shape index (κ1) is 20.5. The van der Waals surface area contributed by atoms with Crippen molar-refractivity contribution < 1.29 is 19.4 Å². The molecule has 0 aromatic heterocycles. The maximum absolute atomic E-state index is 13.2. The second-order valence-electron chi connectivity index (χ2n) is 9.21. The summed E-state index contributed by atoms with van der Waals surface area (Å²) in [6.07, 6.45) is 1.01. The smallest absolute Gasteiger partial charge is 0.411 e. The van der Waals surface area contributed by atoms with Crippen LogP contribution in [0.3, 0.4) is 0 Å². The van der Waals surface area contributed by atoms with E-state index in [-0.39, 0.29) is 18.6 Å². The molecule has 1 fully saturated rings. The maximum Gasteiger partial charge on any atom is 0.411 e. The minimum absolute atomic E-state index is 0.0528. The predicted octanol–water partition coefficient (Wildman–Crippen LogP) is 5.29. The highest BCUT2D eigenvalue weighted by atomic mass is 16.6. The Hall–Kier alpha value is -2.82. The number of nitrogens with zero attached hydrogens (tertiary/aromatic N) is 1. The van der Waals surface area contributed by atoms with Crippen LogP contribution in [0.2, 0.25) is 0 Å². The van der Waals surface area contributed by atoms with Crippen LogP contribution in [0.4, 0.5) is 4.79 Å². The Labute approximate surface area is 177 Å². The van der Waals surface area contributed by atoms with Gasteiger partial charge in [0, 0.05) is 17.4 Å². The van der Waals surface area contributed by atoms with Gasteiger partial charge in [-0.25, -0.2) is 9.59 Å². The van der Waals surface area contributed by atoms with Crippen LogP contribution in [0.25, 0.3) is 11.1 Å². The predicted molar refractivity (Wildman–Crippen MR) is 115 cm³/mol. The van der Waals surface area contributed by atoms with E-state index < -0.39 is 23.0 Å². The third-order valence-corrected chi connectivity index (χ3v) is 7.12. The number of benzene rings is 2. The molecular weight excluding hydrogens is 378 g/mol. The van der Waals surface area contributed by atoms with E-state index in [9.17, 15) is 14.7 Å². The topological polar surface area (TPSA) is 66.8 Å². The van der Waals surface area contributed by atoms with E-state index in [1.165, 1.54) is 4.90 Å². The average Bonchev–Trinajstić information content (AvgIpc) is 3.39. The van der Waals surface area contributed by atoms with Crippen molar-refractivity contribution in [1.82, 2.24) is 4.90 Å². The molecule has 0 bridgehead atoms. The first-order valence-corrected chi connectivity index (χ1v) is 10.6. The molecule has 1 saturated carbocycles. The van der Waals surface area contributed by atoms with E-state index in [2.05, 4.69) is 24.3 Å². The Morgan fingerprint density at radius 2 is 1.60 bits per heavy atom. The van der Waals surface area contributed by atoms with Crippen LogP contribution in [-0.2, 0) is 9.53 Å². The zero-order valence-corrected chi connectivity index (χ0v) is 18.0. The molecule has 5 nitrogen and oxygen atoms in total. The van der Waals surface area contributed by atoms with Crippen molar-refractivity contribution in [3.05, 3.63) is 59.7 Å². The number of hydrogen-bond donors (Lipinski definition) is 1. The summed E-state index contributed by atoms with van der Waals surface area (Å²) in [6.45, 7) is 7.46. The second-order valence-corrected chi connectivity index (χ2v) is 9.21. The van der Waals surface area contributed by atoms with Gasteiger partial charge in [0.05, 0.1) is 0 Å². The minimum atomic E-state index is -1.30. The van der Waals surface area contributed by atoms with Crippen molar-refractivity contribution in [3.63, 3.8) is 0 Å². The summed E-state index contributed by atoms with van der Waals surface area (Å²) in [4.78, 5) is 27.0. The maximum atomic E-state index is 13.2. The number of carboxylic acid groups (broad SMARTS) is 1. The number of ether oxygens (including phenoxy) is 1. The Morgan fingerprint density at radius 1 is 1.10 bits per heavy atom. The fraction of sp³-hybridized carbons (Fsp3) is 0.440. The van der Waals surface area contributed by atoms with Gasteiger partial charge in [-0.1, -0.05) is 55.5 Å². The van der Waals surface area contributed by atoms with Crippen LogP contribution < -0.4 is 0 Å². The number of fused-ring (bicyclic) bond motifs is 3. The lowest BCUT2D eigenvalue weighted by molar-refractivity contribution is -0.155. The fourth-order valence-electron chi connectivity index (χ4n) is 4.90. The van der Waals surface area contributed by atoms with Crippen molar-refractivity contribution in [1.29, 1.82) is 0 Å². The molecule has 1 unspecified atom stereocenters. The molecule has 4 rings (SSSR count). The van der Waals surface area contributed by atoms with Gasteiger partial charge in [0.15, 0.2) is 0 Å². The molecule has 2 aliphatic carbocycles. The summed E-state index contributed by atoms with van der Waals surface area (Å²) in [6, 6.07) is 16.0. The molecule has 5 heteroatoms. The summed E-state index contributed by atoms with van der Waals surface area (Å²) in [5.41, 5.74) is 2.86. The third-order valence-electron chi connectivity index (χ3n) is 7.12. The van der Waals surface area contributed by atoms with Crippen molar-refractivity contribution in [3.8, 4) is 11.1 Å². The van der Waals surface area contributed by atoms with Crippen LogP contribution in [0.5, 0.6) is 0 Å². The van der Waals surface area contributed by atoms with Gasteiger partial charge in [0.1, 0.15) is 12.1 Å². The summed E-state index contributed by atoms with van der Waals surface area (Å²) in [7, 11) is 0. The zero-order chi connectivity index (χ0) is 21.7. The van der Waals surface area contributed by atoms with E-state index in [0.717, 1.165) is 35.1 Å². The van der Waals surface area contributed by atoms with Crippen LogP contribution in [0, 0.1) is 5.41 Å². The van der Waals surface area contributed by atoms with Gasteiger partial charge < -0.3 is 9.84 Å².